The maximum absolute atomic E-state index is 9.99. The van der Waals surface area contributed by atoms with Gasteiger partial charge in [0.1, 0.15) is 0 Å². The lowest BCUT2D eigenvalue weighted by molar-refractivity contribution is -0.888. The highest BCUT2D eigenvalue weighted by molar-refractivity contribution is 7.80. The van der Waals surface area contributed by atoms with Crippen molar-refractivity contribution in [2.75, 3.05) is 74.1 Å². The number of rotatable bonds is 16. The molecule has 0 aliphatic carbocycles. The van der Waals surface area contributed by atoms with Gasteiger partial charge in [-0.15, -0.1) is 0 Å². The molecule has 10 nitrogen and oxygen atoms in total. The fourth-order valence-corrected chi connectivity index (χ4v) is 2.79. The molecule has 0 saturated heterocycles. The van der Waals surface area contributed by atoms with Gasteiger partial charge < -0.3 is 34.9 Å². The third kappa shape index (κ3) is 46.5. The molecule has 0 unspecified atom stereocenters. The highest BCUT2D eigenvalue weighted by atomic mass is 32.3. The Kier molecular flexibility index (Phi) is 30.3. The Bertz CT molecular complexity index is 565. The Labute approximate surface area is 223 Å². The van der Waals surface area contributed by atoms with E-state index in [1.54, 1.807) is 0 Å². The summed E-state index contributed by atoms with van der Waals surface area (Å²) in [5.41, 5.74) is 10.8. The van der Waals surface area contributed by atoms with Crippen molar-refractivity contribution in [3.63, 3.8) is 0 Å². The van der Waals surface area contributed by atoms with E-state index in [4.69, 9.17) is 11.5 Å². The summed E-state index contributed by atoms with van der Waals surface area (Å²) in [5.74, 6) is -0.187. The maximum atomic E-state index is 9.99. The standard InChI is InChI=1S/C9H18O2.2C7H19N2.C2H6O4S/c1-8(2)6-4-3-5-7-9(10)11;2*1-4-9(2,3)7-5-6-8;1-2-6-7(3,4)5/h8H,3-7H2,1-2H3,(H,10,11);2*4-8H2,1-3H3;2H2,1H3,(H,3,4,5)/q;2*+1;/p-2. The first kappa shape index (κ1) is 42.3. The Morgan fingerprint density at radius 2 is 1.25 bits per heavy atom. The van der Waals surface area contributed by atoms with Crippen molar-refractivity contribution >= 4 is 16.4 Å². The average molecular weight is 545 g/mol. The van der Waals surface area contributed by atoms with Crippen LogP contribution in [-0.2, 0) is 19.4 Å². The van der Waals surface area contributed by atoms with E-state index >= 15 is 0 Å². The smallest absolute Gasteiger partial charge is 0.217 e. The quantitative estimate of drug-likeness (QED) is 0.128. The number of carbonyl (C=O) groups excluding carboxylic acids is 1. The van der Waals surface area contributed by atoms with Gasteiger partial charge >= 0.3 is 0 Å². The number of carboxylic acid groups (broad SMARTS) is 1. The molecule has 0 saturated carbocycles. The summed E-state index contributed by atoms with van der Waals surface area (Å²) in [5, 5.41) is 9.99. The molecule has 0 fully saturated rings. The predicted molar refractivity (Wildman–Crippen MR) is 147 cm³/mol. The second-order valence-corrected chi connectivity index (χ2v) is 11.5. The summed E-state index contributed by atoms with van der Waals surface area (Å²) >= 11 is 0. The maximum Gasteiger partial charge on any atom is 0.217 e. The molecule has 0 aromatic carbocycles. The van der Waals surface area contributed by atoms with Crippen LogP contribution in [0.2, 0.25) is 0 Å². The van der Waals surface area contributed by atoms with Crippen LogP contribution < -0.4 is 16.6 Å². The molecule has 0 heterocycles. The molecule has 0 aromatic heterocycles. The molecule has 36 heavy (non-hydrogen) atoms. The van der Waals surface area contributed by atoms with Crippen LogP contribution in [0.15, 0.2) is 0 Å². The summed E-state index contributed by atoms with van der Waals surface area (Å²) in [7, 11) is 4.50. The second kappa shape index (κ2) is 25.8. The van der Waals surface area contributed by atoms with Gasteiger partial charge in [-0.3, -0.25) is 4.18 Å². The zero-order valence-electron chi connectivity index (χ0n) is 24.9. The van der Waals surface area contributed by atoms with Crippen molar-refractivity contribution in [3.05, 3.63) is 0 Å². The molecule has 4 N–H and O–H groups in total. The molecule has 11 heteroatoms. The monoisotopic (exact) mass is 544 g/mol. The fourth-order valence-electron chi connectivity index (χ4n) is 2.50. The molecule has 0 aliphatic heterocycles. The number of unbranched alkanes of at least 4 members (excludes halogenated alkanes) is 2. The number of carboxylic acids is 1. The average Bonchev–Trinajstić information content (AvgIpc) is 2.76. The highest BCUT2D eigenvalue weighted by Crippen LogP contribution is 2.08. The largest absolute Gasteiger partial charge is 0.726 e. The van der Waals surface area contributed by atoms with Crippen molar-refractivity contribution in [1.82, 2.24) is 0 Å². The van der Waals surface area contributed by atoms with Crippen molar-refractivity contribution in [2.45, 2.75) is 79.6 Å². The van der Waals surface area contributed by atoms with Crippen LogP contribution in [0.5, 0.6) is 0 Å². The normalized spacial score (nSPS) is 11.5. The van der Waals surface area contributed by atoms with Crippen LogP contribution in [0.4, 0.5) is 0 Å². The number of aliphatic carboxylic acids is 1. The van der Waals surface area contributed by atoms with Crippen molar-refractivity contribution in [1.29, 1.82) is 0 Å². The van der Waals surface area contributed by atoms with Gasteiger partial charge in [0.05, 0.1) is 61.0 Å². The van der Waals surface area contributed by atoms with Crippen LogP contribution in [0.3, 0.4) is 0 Å². The lowest BCUT2D eigenvalue weighted by Crippen LogP contribution is -2.40. The molecule has 0 atom stereocenters. The van der Waals surface area contributed by atoms with Crippen molar-refractivity contribution in [3.8, 4) is 0 Å². The lowest BCUT2D eigenvalue weighted by atomic mass is 10.0. The number of hydrogen-bond donors (Lipinski definition) is 2. The zero-order chi connectivity index (χ0) is 29.3. The van der Waals surface area contributed by atoms with Crippen LogP contribution >= 0.6 is 0 Å². The first-order chi connectivity index (χ1) is 16.4. The molecule has 0 radical (unpaired) electrons. The van der Waals surface area contributed by atoms with Gasteiger partial charge in [0, 0.05) is 18.8 Å². The van der Waals surface area contributed by atoms with E-state index in [9.17, 15) is 22.9 Å². The van der Waals surface area contributed by atoms with Crippen LogP contribution in [0.1, 0.15) is 79.6 Å². The van der Waals surface area contributed by atoms with Gasteiger partial charge in [0.15, 0.2) is 0 Å². The first-order valence-corrected chi connectivity index (χ1v) is 14.6. The molecule has 0 spiro atoms. The van der Waals surface area contributed by atoms with E-state index in [1.165, 1.54) is 39.5 Å². The summed E-state index contributed by atoms with van der Waals surface area (Å²) in [6, 6.07) is 0. The van der Waals surface area contributed by atoms with Crippen LogP contribution in [0, 0.1) is 5.92 Å². The second-order valence-electron chi connectivity index (χ2n) is 10.4. The minimum Gasteiger partial charge on any atom is -0.726 e. The van der Waals surface area contributed by atoms with Gasteiger partial charge in [0.2, 0.25) is 10.4 Å². The topological polar surface area (TPSA) is 159 Å². The SMILES string of the molecule is CC(C)CCCCCC(=O)[O-].CCOS(=O)(=O)[O-].CC[N+](C)(C)CCCN.CC[N+](C)(C)CCCN. The van der Waals surface area contributed by atoms with E-state index in [2.05, 4.69) is 60.1 Å². The van der Waals surface area contributed by atoms with E-state index < -0.39 is 16.4 Å². The number of quaternary nitrogens is 2. The molecular formula is C25H60N4O6S. The highest BCUT2D eigenvalue weighted by Gasteiger charge is 2.09. The summed E-state index contributed by atoms with van der Waals surface area (Å²) in [4.78, 5) is 9.99. The molecule has 0 rings (SSSR count). The van der Waals surface area contributed by atoms with E-state index in [1.807, 2.05) is 0 Å². The van der Waals surface area contributed by atoms with Gasteiger partial charge in [-0.25, -0.2) is 8.42 Å². The first-order valence-electron chi connectivity index (χ1n) is 13.3. The summed E-state index contributed by atoms with van der Waals surface area (Å²) < 4.78 is 34.2. The Hall–Kier alpha value is -0.820. The van der Waals surface area contributed by atoms with Gasteiger partial charge in [-0.1, -0.05) is 33.1 Å². The van der Waals surface area contributed by atoms with Crippen LogP contribution in [0.25, 0.3) is 0 Å². The Morgan fingerprint density at radius 3 is 1.47 bits per heavy atom. The van der Waals surface area contributed by atoms with Crippen molar-refractivity contribution in [2.24, 2.45) is 17.4 Å². The zero-order valence-corrected chi connectivity index (χ0v) is 25.7. The molecule has 222 valence electrons. The number of hydrogen-bond acceptors (Lipinski definition) is 8. The molecule has 0 aromatic rings. The Balaban J connectivity index is -0.000000192. The lowest BCUT2D eigenvalue weighted by Gasteiger charge is -2.27. The number of carbonyl (C=O) groups is 1. The predicted octanol–water partition coefficient (Wildman–Crippen LogP) is 1.69. The third-order valence-electron chi connectivity index (χ3n) is 5.57. The molecule has 0 aliphatic rings. The number of nitrogens with zero attached hydrogens (tertiary/aromatic N) is 2. The molecule has 0 bridgehead atoms. The Morgan fingerprint density at radius 1 is 0.833 bits per heavy atom. The van der Waals surface area contributed by atoms with Gasteiger partial charge in [0.25, 0.3) is 0 Å². The minimum absolute atomic E-state index is 0.0914. The summed E-state index contributed by atoms with van der Waals surface area (Å²) in [6.45, 7) is 16.5. The number of nitrogens with two attached hydrogens (primary N) is 2. The summed E-state index contributed by atoms with van der Waals surface area (Å²) in [6.07, 6.45) is 6.64. The van der Waals surface area contributed by atoms with E-state index in [0.29, 0.717) is 0 Å². The molecule has 0 amide bonds. The fraction of sp³-hybridized carbons (Fsp3) is 0.960. The van der Waals surface area contributed by atoms with Gasteiger partial charge in [-0.2, -0.15) is 0 Å². The van der Waals surface area contributed by atoms with Crippen LogP contribution in [-0.4, -0.2) is 102 Å². The van der Waals surface area contributed by atoms with E-state index in [-0.39, 0.29) is 13.0 Å². The molecular weight excluding hydrogens is 484 g/mol. The minimum atomic E-state index is -4.42. The van der Waals surface area contributed by atoms with E-state index in [0.717, 1.165) is 60.1 Å². The van der Waals surface area contributed by atoms with Crippen molar-refractivity contribution < 1.29 is 36.0 Å². The third-order valence-corrected chi connectivity index (χ3v) is 6.10. The van der Waals surface area contributed by atoms with Gasteiger partial charge in [-0.05, 0) is 52.6 Å².